The van der Waals surface area contributed by atoms with Crippen molar-refractivity contribution in [1.29, 1.82) is 0 Å². The molecule has 0 N–H and O–H groups in total. The second-order valence-electron chi connectivity index (χ2n) is 6.48. The van der Waals surface area contributed by atoms with Crippen LogP contribution >= 0.6 is 0 Å². The lowest BCUT2D eigenvalue weighted by molar-refractivity contribution is 0.0443. The van der Waals surface area contributed by atoms with E-state index in [4.69, 9.17) is 9.15 Å². The predicted molar refractivity (Wildman–Crippen MR) is 79.1 cm³/mol. The molecule has 21 heavy (non-hydrogen) atoms. The van der Waals surface area contributed by atoms with E-state index in [1.54, 1.807) is 25.5 Å². The van der Waals surface area contributed by atoms with Gasteiger partial charge in [0.25, 0.3) is 5.91 Å². The normalized spacial score (nSPS) is 25.6. The Morgan fingerprint density at radius 2 is 2.24 bits per heavy atom. The first kappa shape index (κ1) is 14.6. The van der Waals surface area contributed by atoms with Crippen molar-refractivity contribution in [2.75, 3.05) is 46.9 Å². The Labute approximate surface area is 125 Å². The molecule has 1 amide bonds. The summed E-state index contributed by atoms with van der Waals surface area (Å²) in [5, 5.41) is 0. The van der Waals surface area contributed by atoms with Crippen LogP contribution in [0.1, 0.15) is 23.4 Å². The first-order chi connectivity index (χ1) is 10.1. The molecular formula is C16H24N2O3. The van der Waals surface area contributed by atoms with Gasteiger partial charge in [0.1, 0.15) is 0 Å². The van der Waals surface area contributed by atoms with E-state index in [1.165, 1.54) is 0 Å². The molecule has 1 spiro atoms. The third-order valence-electron chi connectivity index (χ3n) is 5.18. The van der Waals surface area contributed by atoms with Crippen molar-refractivity contribution in [1.82, 2.24) is 9.80 Å². The van der Waals surface area contributed by atoms with Gasteiger partial charge in [-0.2, -0.15) is 0 Å². The number of piperidine rings is 1. The summed E-state index contributed by atoms with van der Waals surface area (Å²) >= 11 is 0. The molecule has 3 heterocycles. The minimum absolute atomic E-state index is 0.0110. The smallest absolute Gasteiger partial charge is 0.289 e. The van der Waals surface area contributed by atoms with Crippen molar-refractivity contribution in [2.45, 2.75) is 12.8 Å². The molecule has 5 nitrogen and oxygen atoms in total. The van der Waals surface area contributed by atoms with Crippen LogP contribution in [0.3, 0.4) is 0 Å². The number of carbonyl (C=O) groups excluding carboxylic acids is 1. The van der Waals surface area contributed by atoms with Crippen LogP contribution in [-0.2, 0) is 4.74 Å². The van der Waals surface area contributed by atoms with Crippen LogP contribution in [0, 0.1) is 11.3 Å². The number of hydrogen-bond acceptors (Lipinski definition) is 4. The lowest BCUT2D eigenvalue weighted by Gasteiger charge is -2.41. The Morgan fingerprint density at radius 3 is 2.86 bits per heavy atom. The van der Waals surface area contributed by atoms with Crippen molar-refractivity contribution in [3.8, 4) is 0 Å². The van der Waals surface area contributed by atoms with E-state index >= 15 is 0 Å². The van der Waals surface area contributed by atoms with E-state index in [9.17, 15) is 4.79 Å². The van der Waals surface area contributed by atoms with E-state index < -0.39 is 0 Å². The molecule has 1 aromatic heterocycles. The van der Waals surface area contributed by atoms with Crippen molar-refractivity contribution in [3.05, 3.63) is 24.2 Å². The van der Waals surface area contributed by atoms with Gasteiger partial charge < -0.3 is 19.0 Å². The predicted octanol–water partition coefficient (Wildman–Crippen LogP) is 1.71. The average molecular weight is 292 g/mol. The van der Waals surface area contributed by atoms with Gasteiger partial charge in [0, 0.05) is 26.1 Å². The zero-order valence-electron chi connectivity index (χ0n) is 12.9. The third-order valence-corrected chi connectivity index (χ3v) is 5.18. The molecule has 0 radical (unpaired) electrons. The monoisotopic (exact) mass is 292 g/mol. The van der Waals surface area contributed by atoms with E-state index in [2.05, 4.69) is 11.9 Å². The summed E-state index contributed by atoms with van der Waals surface area (Å²) in [6.07, 6.45) is 3.83. The molecule has 1 aromatic rings. The van der Waals surface area contributed by atoms with Crippen LogP contribution in [0.2, 0.25) is 0 Å². The van der Waals surface area contributed by atoms with Crippen LogP contribution < -0.4 is 0 Å². The highest BCUT2D eigenvalue weighted by Gasteiger charge is 2.49. The average Bonchev–Trinajstić information content (AvgIpc) is 3.12. The highest BCUT2D eigenvalue weighted by atomic mass is 16.5. The second kappa shape index (κ2) is 5.81. The van der Waals surface area contributed by atoms with Gasteiger partial charge in [-0.1, -0.05) is 0 Å². The molecule has 3 rings (SSSR count). The summed E-state index contributed by atoms with van der Waals surface area (Å²) in [6, 6.07) is 3.51. The number of ether oxygens (including phenoxy) is 1. The standard InChI is InChI=1S/C16H24N2O3/c1-17-7-5-16(6-8-17)12-18(10-13(16)11-20-2)15(19)14-4-3-9-21-14/h3-4,9,13H,5-8,10-12H2,1-2H3/t13-/m0/s1. The summed E-state index contributed by atoms with van der Waals surface area (Å²) in [5.74, 6) is 0.878. The molecule has 0 saturated carbocycles. The summed E-state index contributed by atoms with van der Waals surface area (Å²) in [4.78, 5) is 16.8. The maximum absolute atomic E-state index is 12.5. The first-order valence-electron chi connectivity index (χ1n) is 7.65. The molecule has 1 atom stereocenters. The number of furan rings is 1. The summed E-state index contributed by atoms with van der Waals surface area (Å²) in [7, 11) is 3.92. The van der Waals surface area contributed by atoms with Gasteiger partial charge in [-0.05, 0) is 50.5 Å². The molecule has 2 fully saturated rings. The van der Waals surface area contributed by atoms with Gasteiger partial charge in [0.2, 0.25) is 0 Å². The number of hydrogen-bond donors (Lipinski definition) is 0. The number of rotatable bonds is 3. The fourth-order valence-corrected chi connectivity index (χ4v) is 3.81. The zero-order chi connectivity index (χ0) is 14.9. The second-order valence-corrected chi connectivity index (χ2v) is 6.48. The highest BCUT2D eigenvalue weighted by Crippen LogP contribution is 2.44. The van der Waals surface area contributed by atoms with E-state index in [-0.39, 0.29) is 11.3 Å². The zero-order valence-corrected chi connectivity index (χ0v) is 12.9. The molecule has 2 saturated heterocycles. The Morgan fingerprint density at radius 1 is 1.48 bits per heavy atom. The van der Waals surface area contributed by atoms with Gasteiger partial charge >= 0.3 is 0 Å². The lowest BCUT2D eigenvalue weighted by Crippen LogP contribution is -2.44. The topological polar surface area (TPSA) is 45.9 Å². The van der Waals surface area contributed by atoms with Gasteiger partial charge in [-0.3, -0.25) is 4.79 Å². The summed E-state index contributed by atoms with van der Waals surface area (Å²) in [5.41, 5.74) is 0.213. The Hall–Kier alpha value is -1.33. The Balaban J connectivity index is 1.76. The highest BCUT2D eigenvalue weighted by molar-refractivity contribution is 5.91. The molecule has 0 aliphatic carbocycles. The number of nitrogens with zero attached hydrogens (tertiary/aromatic N) is 2. The first-order valence-corrected chi connectivity index (χ1v) is 7.65. The van der Waals surface area contributed by atoms with Crippen LogP contribution in [0.25, 0.3) is 0 Å². The van der Waals surface area contributed by atoms with Gasteiger partial charge in [-0.25, -0.2) is 0 Å². The minimum Gasteiger partial charge on any atom is -0.459 e. The van der Waals surface area contributed by atoms with E-state index in [1.807, 2.05) is 4.90 Å². The molecule has 2 aliphatic rings. The largest absolute Gasteiger partial charge is 0.459 e. The number of methoxy groups -OCH3 is 1. The maximum atomic E-state index is 12.5. The van der Waals surface area contributed by atoms with Crippen LogP contribution in [0.4, 0.5) is 0 Å². The van der Waals surface area contributed by atoms with E-state index in [0.717, 1.165) is 45.6 Å². The minimum atomic E-state index is 0.0110. The number of likely N-dealkylation sites (tertiary alicyclic amines) is 2. The third kappa shape index (κ3) is 2.72. The van der Waals surface area contributed by atoms with Crippen molar-refractivity contribution < 1.29 is 13.9 Å². The molecule has 116 valence electrons. The quantitative estimate of drug-likeness (QED) is 0.851. The molecule has 0 aromatic carbocycles. The van der Waals surface area contributed by atoms with Crippen LogP contribution in [0.15, 0.2) is 22.8 Å². The summed E-state index contributed by atoms with van der Waals surface area (Å²) in [6.45, 7) is 4.53. The SMILES string of the molecule is COC[C@@H]1CN(C(=O)c2ccco2)CC12CCN(C)CC2. The number of carbonyl (C=O) groups is 1. The van der Waals surface area contributed by atoms with Crippen LogP contribution in [-0.4, -0.2) is 62.7 Å². The lowest BCUT2D eigenvalue weighted by atomic mass is 9.71. The van der Waals surface area contributed by atoms with Crippen molar-refractivity contribution in [2.24, 2.45) is 11.3 Å². The molecule has 0 bridgehead atoms. The molecule has 5 heteroatoms. The van der Waals surface area contributed by atoms with E-state index in [0.29, 0.717) is 11.7 Å². The summed E-state index contributed by atoms with van der Waals surface area (Å²) < 4.78 is 10.7. The number of amides is 1. The maximum Gasteiger partial charge on any atom is 0.289 e. The molecule has 2 aliphatic heterocycles. The van der Waals surface area contributed by atoms with Crippen molar-refractivity contribution >= 4 is 5.91 Å². The van der Waals surface area contributed by atoms with Gasteiger partial charge in [0.05, 0.1) is 12.9 Å². The fourth-order valence-electron chi connectivity index (χ4n) is 3.81. The Kier molecular flexibility index (Phi) is 4.04. The van der Waals surface area contributed by atoms with Gasteiger partial charge in [0.15, 0.2) is 5.76 Å². The Bertz CT molecular complexity index is 478. The molecule has 0 unspecified atom stereocenters. The fraction of sp³-hybridized carbons (Fsp3) is 0.688. The van der Waals surface area contributed by atoms with Gasteiger partial charge in [-0.15, -0.1) is 0 Å². The van der Waals surface area contributed by atoms with Crippen molar-refractivity contribution in [3.63, 3.8) is 0 Å². The van der Waals surface area contributed by atoms with Crippen LogP contribution in [0.5, 0.6) is 0 Å². The molecular weight excluding hydrogens is 268 g/mol.